The van der Waals surface area contributed by atoms with E-state index in [1.54, 1.807) is 0 Å². The maximum absolute atomic E-state index is 9.20. The molecule has 4 N–H and O–H groups in total. The minimum Gasteiger partial charge on any atom is -0.394 e. The number of aromatic nitrogens is 3. The molecule has 0 bridgehead atoms. The number of hydrogen-bond donors (Lipinski definition) is 3. The molecule has 0 atom stereocenters. The Hall–Kier alpha value is -0.980. The van der Waals surface area contributed by atoms with Crippen LogP contribution >= 0.6 is 0 Å². The van der Waals surface area contributed by atoms with E-state index in [1.807, 2.05) is 10.9 Å². The van der Waals surface area contributed by atoms with Gasteiger partial charge in [0.25, 0.3) is 0 Å². The van der Waals surface area contributed by atoms with Crippen molar-refractivity contribution in [1.82, 2.24) is 15.0 Å². The lowest BCUT2D eigenvalue weighted by molar-refractivity contribution is 0.112. The predicted molar refractivity (Wildman–Crippen MR) is 120 cm³/mol. The molecule has 0 amide bonds. The maximum atomic E-state index is 9.20. The fourth-order valence-corrected chi connectivity index (χ4v) is 3.67. The van der Waals surface area contributed by atoms with Crippen LogP contribution in [-0.4, -0.2) is 44.0 Å². The third-order valence-electron chi connectivity index (χ3n) is 5.81. The number of aliphatic hydroxyl groups is 2. The minimum atomic E-state index is -0.855. The van der Waals surface area contributed by atoms with Gasteiger partial charge in [-0.2, -0.15) is 0 Å². The highest BCUT2D eigenvalue weighted by Gasteiger charge is 2.22. The number of nitrogens with two attached hydrogens (primary N) is 1. The quantitative estimate of drug-likeness (QED) is 0.277. The number of unbranched alkanes of at least 4 members (excludes halogenated alkanes) is 12. The molecule has 0 aliphatic carbocycles. The van der Waals surface area contributed by atoms with Gasteiger partial charge in [0.2, 0.25) is 0 Å². The van der Waals surface area contributed by atoms with E-state index in [0.717, 1.165) is 31.5 Å². The van der Waals surface area contributed by atoms with Crippen LogP contribution in [-0.2, 0) is 13.0 Å². The van der Waals surface area contributed by atoms with Crippen molar-refractivity contribution in [2.45, 2.75) is 122 Å². The second kappa shape index (κ2) is 16.8. The van der Waals surface area contributed by atoms with Gasteiger partial charge in [-0.15, -0.1) is 5.10 Å². The average molecular weight is 411 g/mol. The van der Waals surface area contributed by atoms with E-state index in [0.29, 0.717) is 6.42 Å². The summed E-state index contributed by atoms with van der Waals surface area (Å²) in [5.41, 5.74) is 6.04. The van der Waals surface area contributed by atoms with Crippen molar-refractivity contribution in [3.63, 3.8) is 0 Å². The van der Waals surface area contributed by atoms with Gasteiger partial charge in [0.05, 0.1) is 24.4 Å². The Labute approximate surface area is 178 Å². The van der Waals surface area contributed by atoms with Crippen LogP contribution in [0.1, 0.15) is 109 Å². The van der Waals surface area contributed by atoms with E-state index in [1.165, 1.54) is 77.0 Å². The van der Waals surface area contributed by atoms with Crippen LogP contribution in [0.25, 0.3) is 0 Å². The van der Waals surface area contributed by atoms with Crippen LogP contribution in [0.15, 0.2) is 6.20 Å². The molecule has 1 aromatic heterocycles. The standard InChI is InChI=1S/C23H46N4O2/c1-2-3-4-5-6-7-8-9-10-11-12-15-18-27-19-22(25-26-27)16-13-14-17-23(24,20-28)21-29/h19,28-29H,2-18,20-21,24H2,1H3. The van der Waals surface area contributed by atoms with Gasteiger partial charge in [0.1, 0.15) is 0 Å². The summed E-state index contributed by atoms with van der Waals surface area (Å²) in [6.45, 7) is 2.86. The number of rotatable bonds is 20. The SMILES string of the molecule is CCCCCCCCCCCCCCn1cc(CCCCC(N)(CO)CO)nn1. The number of aryl methyl sites for hydroxylation is 2. The summed E-state index contributed by atoms with van der Waals surface area (Å²) in [5, 5.41) is 26.9. The smallest absolute Gasteiger partial charge is 0.0827 e. The Balaban J connectivity index is 1.97. The zero-order valence-electron chi connectivity index (χ0n) is 18.8. The summed E-state index contributed by atoms with van der Waals surface area (Å²) < 4.78 is 1.96. The zero-order chi connectivity index (χ0) is 21.2. The average Bonchev–Trinajstić information content (AvgIpc) is 3.19. The highest BCUT2D eigenvalue weighted by Crippen LogP contribution is 2.13. The molecule has 1 heterocycles. The monoisotopic (exact) mass is 410 g/mol. The fourth-order valence-electron chi connectivity index (χ4n) is 3.67. The van der Waals surface area contributed by atoms with Crippen molar-refractivity contribution in [3.8, 4) is 0 Å². The summed E-state index contributed by atoms with van der Waals surface area (Å²) in [5.74, 6) is 0. The molecule has 6 heteroatoms. The molecule has 0 aromatic carbocycles. The Bertz CT molecular complexity index is 489. The van der Waals surface area contributed by atoms with Crippen LogP contribution in [0, 0.1) is 0 Å². The Morgan fingerprint density at radius 2 is 1.38 bits per heavy atom. The largest absolute Gasteiger partial charge is 0.394 e. The van der Waals surface area contributed by atoms with Crippen molar-refractivity contribution in [3.05, 3.63) is 11.9 Å². The molecule has 0 spiro atoms. The van der Waals surface area contributed by atoms with E-state index >= 15 is 0 Å². The summed E-state index contributed by atoms with van der Waals surface area (Å²) in [7, 11) is 0. The highest BCUT2D eigenvalue weighted by atomic mass is 16.3. The molecular weight excluding hydrogens is 364 g/mol. The van der Waals surface area contributed by atoms with Gasteiger partial charge in [-0.05, 0) is 25.7 Å². The topological polar surface area (TPSA) is 97.2 Å². The maximum Gasteiger partial charge on any atom is 0.0827 e. The molecule has 0 aliphatic heterocycles. The third-order valence-corrected chi connectivity index (χ3v) is 5.81. The molecule has 6 nitrogen and oxygen atoms in total. The summed E-state index contributed by atoms with van der Waals surface area (Å²) in [6.07, 6.45) is 21.7. The molecule has 0 fully saturated rings. The first-order chi connectivity index (χ1) is 14.1. The van der Waals surface area contributed by atoms with Gasteiger partial charge >= 0.3 is 0 Å². The van der Waals surface area contributed by atoms with Crippen LogP contribution < -0.4 is 5.73 Å². The van der Waals surface area contributed by atoms with Gasteiger partial charge in [-0.3, -0.25) is 4.68 Å². The Morgan fingerprint density at radius 1 is 0.828 bits per heavy atom. The molecule has 0 unspecified atom stereocenters. The molecule has 1 aromatic rings. The number of hydrogen-bond acceptors (Lipinski definition) is 5. The van der Waals surface area contributed by atoms with E-state index in [2.05, 4.69) is 17.2 Å². The lowest BCUT2D eigenvalue weighted by Crippen LogP contribution is -2.47. The van der Waals surface area contributed by atoms with Crippen molar-refractivity contribution in [2.75, 3.05) is 13.2 Å². The number of nitrogens with zero attached hydrogens (tertiary/aromatic N) is 3. The molecule has 0 saturated heterocycles. The molecular formula is C23H46N4O2. The van der Waals surface area contributed by atoms with E-state index in [4.69, 9.17) is 5.73 Å². The van der Waals surface area contributed by atoms with E-state index in [-0.39, 0.29) is 13.2 Å². The van der Waals surface area contributed by atoms with Crippen LogP contribution in [0.4, 0.5) is 0 Å². The van der Waals surface area contributed by atoms with E-state index in [9.17, 15) is 10.2 Å². The molecule has 1 rings (SSSR count). The number of aliphatic hydroxyl groups excluding tert-OH is 2. The van der Waals surface area contributed by atoms with Crippen molar-refractivity contribution < 1.29 is 10.2 Å². The van der Waals surface area contributed by atoms with Crippen LogP contribution in [0.3, 0.4) is 0 Å². The lowest BCUT2D eigenvalue weighted by atomic mass is 9.95. The van der Waals surface area contributed by atoms with Crippen LogP contribution in [0.2, 0.25) is 0 Å². The summed E-state index contributed by atoms with van der Waals surface area (Å²) in [4.78, 5) is 0. The zero-order valence-corrected chi connectivity index (χ0v) is 18.8. The third kappa shape index (κ3) is 13.0. The van der Waals surface area contributed by atoms with Crippen molar-refractivity contribution >= 4 is 0 Å². The fraction of sp³-hybridized carbons (Fsp3) is 0.913. The van der Waals surface area contributed by atoms with Gasteiger partial charge in [-0.1, -0.05) is 89.2 Å². The van der Waals surface area contributed by atoms with Gasteiger partial charge in [-0.25, -0.2) is 0 Å². The van der Waals surface area contributed by atoms with Gasteiger partial charge in [0, 0.05) is 12.7 Å². The predicted octanol–water partition coefficient (Wildman–Crippen LogP) is 4.37. The van der Waals surface area contributed by atoms with Crippen molar-refractivity contribution in [2.24, 2.45) is 5.73 Å². The summed E-state index contributed by atoms with van der Waals surface area (Å²) in [6, 6.07) is 0. The minimum absolute atomic E-state index is 0.182. The highest BCUT2D eigenvalue weighted by molar-refractivity contribution is 4.92. The van der Waals surface area contributed by atoms with Crippen molar-refractivity contribution in [1.29, 1.82) is 0 Å². The summed E-state index contributed by atoms with van der Waals surface area (Å²) >= 11 is 0. The molecule has 170 valence electrons. The molecule has 0 radical (unpaired) electrons. The normalized spacial score (nSPS) is 12.0. The lowest BCUT2D eigenvalue weighted by Gasteiger charge is -2.24. The van der Waals surface area contributed by atoms with E-state index < -0.39 is 5.54 Å². The van der Waals surface area contributed by atoms with Gasteiger partial charge in [0.15, 0.2) is 0 Å². The van der Waals surface area contributed by atoms with Crippen LogP contribution in [0.5, 0.6) is 0 Å². The second-order valence-electron chi connectivity index (χ2n) is 8.75. The molecule has 29 heavy (non-hydrogen) atoms. The second-order valence-corrected chi connectivity index (χ2v) is 8.75. The first kappa shape index (κ1) is 26.1. The first-order valence-electron chi connectivity index (χ1n) is 12.0. The first-order valence-corrected chi connectivity index (χ1v) is 12.0. The Kier molecular flexibility index (Phi) is 15.1. The molecule has 0 aliphatic rings. The Morgan fingerprint density at radius 3 is 1.93 bits per heavy atom. The molecule has 0 saturated carbocycles. The van der Waals surface area contributed by atoms with Gasteiger partial charge < -0.3 is 15.9 Å².